The first-order valence-electron chi connectivity index (χ1n) is 10.8. The van der Waals surface area contributed by atoms with Crippen molar-refractivity contribution in [2.45, 2.75) is 25.5 Å². The predicted octanol–water partition coefficient (Wildman–Crippen LogP) is 5.18. The van der Waals surface area contributed by atoms with Gasteiger partial charge in [0.05, 0.1) is 17.1 Å². The van der Waals surface area contributed by atoms with Crippen molar-refractivity contribution >= 4 is 29.1 Å². The fourth-order valence-corrected chi connectivity index (χ4v) is 4.66. The van der Waals surface area contributed by atoms with Gasteiger partial charge in [-0.2, -0.15) is 0 Å². The van der Waals surface area contributed by atoms with Crippen LogP contribution in [0.3, 0.4) is 0 Å². The Morgan fingerprint density at radius 1 is 0.938 bits per heavy atom. The van der Waals surface area contributed by atoms with E-state index in [4.69, 9.17) is 16.3 Å². The van der Waals surface area contributed by atoms with Gasteiger partial charge in [0.1, 0.15) is 11.9 Å². The van der Waals surface area contributed by atoms with Crippen molar-refractivity contribution in [3.8, 4) is 5.75 Å². The van der Waals surface area contributed by atoms with E-state index in [9.17, 15) is 9.59 Å². The van der Waals surface area contributed by atoms with Gasteiger partial charge in [0, 0.05) is 37.2 Å². The van der Waals surface area contributed by atoms with Gasteiger partial charge >= 0.3 is 0 Å². The molecular weight excluding hydrogens is 424 g/mol. The average Bonchev–Trinajstić information content (AvgIpc) is 3.17. The zero-order valence-electron chi connectivity index (χ0n) is 17.5. The van der Waals surface area contributed by atoms with Crippen molar-refractivity contribution < 1.29 is 14.3 Å². The molecule has 0 aromatic heterocycles. The van der Waals surface area contributed by atoms with Crippen LogP contribution in [-0.2, 0) is 6.54 Å². The van der Waals surface area contributed by atoms with Crippen molar-refractivity contribution in [3.63, 3.8) is 0 Å². The molecule has 5 rings (SSSR count). The smallest absolute Gasteiger partial charge is 0.260 e. The summed E-state index contributed by atoms with van der Waals surface area (Å²) in [6.45, 7) is 1.74. The highest BCUT2D eigenvalue weighted by Gasteiger charge is 2.31. The Morgan fingerprint density at radius 2 is 1.69 bits per heavy atom. The lowest BCUT2D eigenvalue weighted by atomic mass is 10.1. The number of halogens is 1. The summed E-state index contributed by atoms with van der Waals surface area (Å²) in [5.41, 5.74) is 2.74. The number of anilines is 1. The second kappa shape index (κ2) is 8.67. The van der Waals surface area contributed by atoms with E-state index in [-0.39, 0.29) is 17.9 Å². The summed E-state index contributed by atoms with van der Waals surface area (Å²) in [5.74, 6) is 0.711. The summed E-state index contributed by atoms with van der Waals surface area (Å²) in [7, 11) is 0. The number of ether oxygens (including phenoxy) is 1. The van der Waals surface area contributed by atoms with E-state index in [1.165, 1.54) is 0 Å². The number of carbonyl (C=O) groups excluding carboxylic acids is 2. The second-order valence-corrected chi connectivity index (χ2v) is 8.55. The molecule has 0 spiro atoms. The predicted molar refractivity (Wildman–Crippen MR) is 124 cm³/mol. The van der Waals surface area contributed by atoms with Crippen LogP contribution in [0.2, 0.25) is 5.02 Å². The molecule has 2 aliphatic rings. The van der Waals surface area contributed by atoms with Gasteiger partial charge in [-0.3, -0.25) is 9.59 Å². The second-order valence-electron chi connectivity index (χ2n) is 8.14. The first-order chi connectivity index (χ1) is 15.6. The lowest BCUT2D eigenvalue weighted by molar-refractivity contribution is 0.0595. The maximum Gasteiger partial charge on any atom is 0.260 e. The first kappa shape index (κ1) is 20.6. The van der Waals surface area contributed by atoms with E-state index < -0.39 is 0 Å². The van der Waals surface area contributed by atoms with Gasteiger partial charge in [-0.05, 0) is 42.0 Å². The third-order valence-electron chi connectivity index (χ3n) is 6.07. The Morgan fingerprint density at radius 3 is 2.44 bits per heavy atom. The molecule has 3 aromatic carbocycles. The van der Waals surface area contributed by atoms with Crippen molar-refractivity contribution in [3.05, 3.63) is 94.5 Å². The van der Waals surface area contributed by atoms with Gasteiger partial charge in [-0.25, -0.2) is 0 Å². The number of hydrogen-bond acceptors (Lipinski definition) is 3. The van der Waals surface area contributed by atoms with Crippen LogP contribution in [0.5, 0.6) is 5.75 Å². The molecule has 2 heterocycles. The summed E-state index contributed by atoms with van der Waals surface area (Å²) >= 11 is 6.24. The number of fused-ring (bicyclic) bond motifs is 1. The molecule has 6 heteroatoms. The van der Waals surface area contributed by atoms with Crippen LogP contribution in [-0.4, -0.2) is 35.9 Å². The van der Waals surface area contributed by atoms with Crippen LogP contribution < -0.4 is 9.64 Å². The van der Waals surface area contributed by atoms with Crippen LogP contribution in [0.25, 0.3) is 0 Å². The molecule has 0 N–H and O–H groups in total. The Bertz CT molecular complexity index is 1160. The Kier molecular flexibility index (Phi) is 5.58. The molecule has 3 aromatic rings. The number of nitrogens with zero attached hydrogens (tertiary/aromatic N) is 2. The molecule has 0 aliphatic carbocycles. The van der Waals surface area contributed by atoms with Crippen LogP contribution in [0.15, 0.2) is 72.8 Å². The summed E-state index contributed by atoms with van der Waals surface area (Å²) in [5, 5.41) is 0.461. The number of amides is 2. The van der Waals surface area contributed by atoms with Crippen molar-refractivity contribution in [2.24, 2.45) is 0 Å². The molecule has 0 atom stereocenters. The van der Waals surface area contributed by atoms with Gasteiger partial charge < -0.3 is 14.5 Å². The number of piperidine rings is 1. The van der Waals surface area contributed by atoms with Crippen LogP contribution in [0, 0.1) is 0 Å². The van der Waals surface area contributed by atoms with E-state index in [0.29, 0.717) is 41.5 Å². The number of carbonyl (C=O) groups is 2. The highest BCUT2D eigenvalue weighted by molar-refractivity contribution is 6.35. The third-order valence-corrected chi connectivity index (χ3v) is 6.38. The topological polar surface area (TPSA) is 49.9 Å². The minimum absolute atomic E-state index is 0.0211. The van der Waals surface area contributed by atoms with Crippen molar-refractivity contribution in [1.82, 2.24) is 4.90 Å². The van der Waals surface area contributed by atoms with Gasteiger partial charge in [-0.1, -0.05) is 48.0 Å². The first-order valence-corrected chi connectivity index (χ1v) is 11.2. The summed E-state index contributed by atoms with van der Waals surface area (Å²) in [6.07, 6.45) is 1.69. The Labute approximate surface area is 192 Å². The minimum Gasteiger partial charge on any atom is -0.490 e. The molecule has 0 unspecified atom stereocenters. The molecule has 0 saturated carbocycles. The lowest BCUT2D eigenvalue weighted by Gasteiger charge is -2.32. The van der Waals surface area contributed by atoms with E-state index in [1.54, 1.807) is 23.1 Å². The third kappa shape index (κ3) is 3.96. The summed E-state index contributed by atoms with van der Waals surface area (Å²) < 4.78 is 6.03. The molecule has 162 valence electrons. The van der Waals surface area contributed by atoms with E-state index in [0.717, 1.165) is 24.2 Å². The molecule has 5 nitrogen and oxygen atoms in total. The average molecular weight is 447 g/mol. The molecule has 2 amide bonds. The van der Waals surface area contributed by atoms with E-state index in [1.807, 2.05) is 59.5 Å². The van der Waals surface area contributed by atoms with Crippen LogP contribution in [0.4, 0.5) is 5.69 Å². The maximum absolute atomic E-state index is 13.1. The highest BCUT2D eigenvalue weighted by Crippen LogP contribution is 2.33. The van der Waals surface area contributed by atoms with E-state index in [2.05, 4.69) is 0 Å². The van der Waals surface area contributed by atoms with Gasteiger partial charge in [0.25, 0.3) is 11.8 Å². The fourth-order valence-electron chi connectivity index (χ4n) is 4.38. The SMILES string of the molecule is O=C(c1cccc(N2Cc3cccc(Cl)c3C2=O)c1)N1CCC(Oc2ccccc2)CC1. The molecule has 0 radical (unpaired) electrons. The van der Waals surface area contributed by atoms with Gasteiger partial charge in [-0.15, -0.1) is 0 Å². The van der Waals surface area contributed by atoms with Crippen LogP contribution in [0.1, 0.15) is 39.1 Å². The Hall–Kier alpha value is -3.31. The number of benzene rings is 3. The van der Waals surface area contributed by atoms with Crippen molar-refractivity contribution in [1.29, 1.82) is 0 Å². The van der Waals surface area contributed by atoms with Gasteiger partial charge in [0.15, 0.2) is 0 Å². The standard InChI is InChI=1S/C26H23ClN2O3/c27-23-11-5-7-19-17-29(26(31)24(19)23)20-8-4-6-18(16-20)25(30)28-14-12-22(13-15-28)32-21-9-2-1-3-10-21/h1-11,16,22H,12-15,17H2. The molecule has 0 bridgehead atoms. The molecule has 32 heavy (non-hydrogen) atoms. The zero-order chi connectivity index (χ0) is 22.1. The normalized spacial score (nSPS) is 16.2. The summed E-state index contributed by atoms with van der Waals surface area (Å²) in [4.78, 5) is 29.6. The molecule has 2 aliphatic heterocycles. The zero-order valence-corrected chi connectivity index (χ0v) is 18.3. The largest absolute Gasteiger partial charge is 0.490 e. The molecule has 1 saturated heterocycles. The number of likely N-dealkylation sites (tertiary alicyclic amines) is 1. The minimum atomic E-state index is -0.130. The van der Waals surface area contributed by atoms with Gasteiger partial charge in [0.2, 0.25) is 0 Å². The maximum atomic E-state index is 13.1. The van der Waals surface area contributed by atoms with E-state index >= 15 is 0 Å². The monoisotopic (exact) mass is 446 g/mol. The highest BCUT2D eigenvalue weighted by atomic mass is 35.5. The molecular formula is C26H23ClN2O3. The van der Waals surface area contributed by atoms with Crippen molar-refractivity contribution in [2.75, 3.05) is 18.0 Å². The quantitative estimate of drug-likeness (QED) is 0.554. The number of para-hydroxylation sites is 1. The molecule has 1 fully saturated rings. The number of hydrogen-bond donors (Lipinski definition) is 0. The Balaban J connectivity index is 1.26. The lowest BCUT2D eigenvalue weighted by Crippen LogP contribution is -2.41. The van der Waals surface area contributed by atoms with Crippen LogP contribution >= 0.6 is 11.6 Å². The fraction of sp³-hybridized carbons (Fsp3) is 0.231. The summed E-state index contributed by atoms with van der Waals surface area (Å²) in [6, 6.07) is 22.6. The number of rotatable bonds is 4.